The largest absolute Gasteiger partial charge is 0.390 e. The molecule has 0 heterocycles. The molecule has 14 heavy (non-hydrogen) atoms. The fourth-order valence-corrected chi connectivity index (χ4v) is 5.22. The molecule has 0 unspecified atom stereocenters. The smallest absolute Gasteiger partial charge is 0.0658 e. The summed E-state index contributed by atoms with van der Waals surface area (Å²) >= 11 is 0. The second-order valence-electron chi connectivity index (χ2n) is 6.44. The average molecular weight is 194 g/mol. The molecule has 0 saturated heterocycles. The Morgan fingerprint density at radius 2 is 1.79 bits per heavy atom. The molecule has 4 saturated carbocycles. The van der Waals surface area contributed by atoms with E-state index in [4.69, 9.17) is 0 Å². The van der Waals surface area contributed by atoms with Crippen LogP contribution in [-0.2, 0) is 0 Å². The molecule has 4 aliphatic rings. The summed E-state index contributed by atoms with van der Waals surface area (Å²) in [5.41, 5.74) is 0.326. The van der Waals surface area contributed by atoms with Crippen LogP contribution in [0.15, 0.2) is 0 Å². The quantitative estimate of drug-likeness (QED) is 0.716. The van der Waals surface area contributed by atoms with E-state index in [2.05, 4.69) is 6.92 Å². The Hall–Kier alpha value is -0.0400. The fourth-order valence-electron chi connectivity index (χ4n) is 5.22. The molecule has 4 bridgehead atoms. The minimum atomic E-state index is -0.237. The Bertz CT molecular complexity index is 232. The fraction of sp³-hybridized carbons (Fsp3) is 1.00. The zero-order chi connectivity index (χ0) is 9.81. The van der Waals surface area contributed by atoms with Crippen molar-refractivity contribution < 1.29 is 5.11 Å². The SMILES string of the molecule is CCCC12C[C@@H]3C[C@H](CC(O)(C3)C1)C2. The molecule has 0 aromatic rings. The number of hydrogen-bond donors (Lipinski definition) is 1. The van der Waals surface area contributed by atoms with E-state index in [0.29, 0.717) is 5.41 Å². The summed E-state index contributed by atoms with van der Waals surface area (Å²) in [6, 6.07) is 0. The minimum absolute atomic E-state index is 0.237. The van der Waals surface area contributed by atoms with Crippen LogP contribution in [0.4, 0.5) is 0 Å². The number of aliphatic hydroxyl groups is 1. The lowest BCUT2D eigenvalue weighted by atomic mass is 9.47. The van der Waals surface area contributed by atoms with Crippen molar-refractivity contribution in [3.8, 4) is 0 Å². The Morgan fingerprint density at radius 1 is 1.14 bits per heavy atom. The van der Waals surface area contributed by atoms with Crippen molar-refractivity contribution in [2.75, 3.05) is 0 Å². The van der Waals surface area contributed by atoms with Crippen molar-refractivity contribution in [3.05, 3.63) is 0 Å². The molecule has 1 heteroatoms. The lowest BCUT2D eigenvalue weighted by molar-refractivity contribution is -0.165. The van der Waals surface area contributed by atoms with Gasteiger partial charge in [0.2, 0.25) is 0 Å². The monoisotopic (exact) mass is 194 g/mol. The Morgan fingerprint density at radius 3 is 2.29 bits per heavy atom. The zero-order valence-electron chi connectivity index (χ0n) is 9.26. The summed E-state index contributed by atoms with van der Waals surface area (Å²) in [6.07, 6.45) is 10.3. The van der Waals surface area contributed by atoms with Crippen LogP contribution in [0.5, 0.6) is 0 Å². The van der Waals surface area contributed by atoms with Gasteiger partial charge in [-0.2, -0.15) is 0 Å². The molecule has 2 atom stereocenters. The topological polar surface area (TPSA) is 20.2 Å². The summed E-state index contributed by atoms with van der Waals surface area (Å²) in [6.45, 7) is 2.29. The molecule has 80 valence electrons. The third-order valence-electron chi connectivity index (χ3n) is 4.93. The molecule has 0 aromatic carbocycles. The normalized spacial score (nSPS) is 55.3. The first-order chi connectivity index (χ1) is 6.63. The van der Waals surface area contributed by atoms with Gasteiger partial charge in [-0.3, -0.25) is 0 Å². The van der Waals surface area contributed by atoms with Crippen LogP contribution in [-0.4, -0.2) is 10.7 Å². The maximum atomic E-state index is 10.5. The Kier molecular flexibility index (Phi) is 1.81. The van der Waals surface area contributed by atoms with Gasteiger partial charge in [-0.25, -0.2) is 0 Å². The number of hydrogen-bond acceptors (Lipinski definition) is 1. The van der Waals surface area contributed by atoms with Gasteiger partial charge in [0.25, 0.3) is 0 Å². The molecule has 0 amide bonds. The summed E-state index contributed by atoms with van der Waals surface area (Å²) in [4.78, 5) is 0. The molecule has 4 rings (SSSR count). The highest BCUT2D eigenvalue weighted by Crippen LogP contribution is 2.63. The van der Waals surface area contributed by atoms with Gasteiger partial charge in [0, 0.05) is 0 Å². The van der Waals surface area contributed by atoms with Crippen LogP contribution < -0.4 is 0 Å². The zero-order valence-corrected chi connectivity index (χ0v) is 9.26. The molecule has 1 N–H and O–H groups in total. The van der Waals surface area contributed by atoms with Crippen molar-refractivity contribution in [3.63, 3.8) is 0 Å². The van der Waals surface area contributed by atoms with Gasteiger partial charge in [-0.15, -0.1) is 0 Å². The van der Waals surface area contributed by atoms with Gasteiger partial charge in [0.05, 0.1) is 5.60 Å². The number of rotatable bonds is 2. The first-order valence-electron chi connectivity index (χ1n) is 6.36. The van der Waals surface area contributed by atoms with Crippen LogP contribution in [0.2, 0.25) is 0 Å². The lowest BCUT2D eigenvalue weighted by Gasteiger charge is -2.60. The third-order valence-corrected chi connectivity index (χ3v) is 4.93. The van der Waals surface area contributed by atoms with E-state index in [1.807, 2.05) is 0 Å². The van der Waals surface area contributed by atoms with Crippen LogP contribution in [0.3, 0.4) is 0 Å². The van der Waals surface area contributed by atoms with Gasteiger partial charge in [-0.05, 0) is 62.2 Å². The lowest BCUT2D eigenvalue weighted by Crippen LogP contribution is -2.55. The summed E-state index contributed by atoms with van der Waals surface area (Å²) < 4.78 is 0. The van der Waals surface area contributed by atoms with Gasteiger partial charge in [-0.1, -0.05) is 13.3 Å². The molecular formula is C13H22O. The Balaban J connectivity index is 1.89. The highest BCUT2D eigenvalue weighted by Gasteiger charge is 2.56. The van der Waals surface area contributed by atoms with Crippen molar-refractivity contribution in [1.29, 1.82) is 0 Å². The predicted octanol–water partition coefficient (Wildman–Crippen LogP) is 3.12. The van der Waals surface area contributed by atoms with E-state index in [9.17, 15) is 5.11 Å². The minimum Gasteiger partial charge on any atom is -0.390 e. The van der Waals surface area contributed by atoms with Crippen LogP contribution >= 0.6 is 0 Å². The summed E-state index contributed by atoms with van der Waals surface area (Å²) in [7, 11) is 0. The van der Waals surface area contributed by atoms with E-state index in [-0.39, 0.29) is 5.60 Å². The maximum absolute atomic E-state index is 10.5. The first-order valence-corrected chi connectivity index (χ1v) is 6.36. The highest BCUT2D eigenvalue weighted by atomic mass is 16.3. The van der Waals surface area contributed by atoms with E-state index in [1.54, 1.807) is 0 Å². The molecule has 0 radical (unpaired) electrons. The van der Waals surface area contributed by atoms with E-state index >= 15 is 0 Å². The predicted molar refractivity (Wildman–Crippen MR) is 57.0 cm³/mol. The molecule has 0 aliphatic heterocycles. The van der Waals surface area contributed by atoms with Crippen LogP contribution in [0.25, 0.3) is 0 Å². The van der Waals surface area contributed by atoms with Gasteiger partial charge in [0.1, 0.15) is 0 Å². The van der Waals surface area contributed by atoms with E-state index < -0.39 is 0 Å². The van der Waals surface area contributed by atoms with Crippen molar-refractivity contribution >= 4 is 0 Å². The van der Waals surface area contributed by atoms with E-state index in [1.165, 1.54) is 32.1 Å². The van der Waals surface area contributed by atoms with Crippen molar-refractivity contribution in [1.82, 2.24) is 0 Å². The van der Waals surface area contributed by atoms with Crippen LogP contribution in [0.1, 0.15) is 58.3 Å². The second-order valence-corrected chi connectivity index (χ2v) is 6.44. The third kappa shape index (κ3) is 1.25. The molecule has 1 nitrogen and oxygen atoms in total. The first kappa shape index (κ1) is 9.21. The summed E-state index contributed by atoms with van der Waals surface area (Å²) in [5.74, 6) is 1.74. The molecule has 4 fully saturated rings. The summed E-state index contributed by atoms with van der Waals surface area (Å²) in [5, 5.41) is 10.5. The van der Waals surface area contributed by atoms with Crippen molar-refractivity contribution in [2.45, 2.75) is 63.9 Å². The van der Waals surface area contributed by atoms with Gasteiger partial charge in [0.15, 0.2) is 0 Å². The highest BCUT2D eigenvalue weighted by molar-refractivity contribution is 5.07. The van der Waals surface area contributed by atoms with E-state index in [0.717, 1.165) is 31.1 Å². The standard InChI is InChI=1S/C13H22O/c1-2-3-12-5-10-4-11(6-12)8-13(14,7-10)9-12/h10-11,14H,2-9H2,1H3/t10-,11-,12?,13?/m0/s1. The van der Waals surface area contributed by atoms with Gasteiger partial charge < -0.3 is 5.11 Å². The molecular weight excluding hydrogens is 172 g/mol. The Labute approximate surface area is 86.9 Å². The second kappa shape index (κ2) is 2.75. The molecule has 4 aliphatic carbocycles. The average Bonchev–Trinajstić information content (AvgIpc) is 1.97. The van der Waals surface area contributed by atoms with Crippen molar-refractivity contribution in [2.24, 2.45) is 17.3 Å². The maximum Gasteiger partial charge on any atom is 0.0658 e. The van der Waals surface area contributed by atoms with Crippen LogP contribution in [0, 0.1) is 17.3 Å². The molecule has 0 spiro atoms. The molecule has 0 aromatic heterocycles. The van der Waals surface area contributed by atoms with Gasteiger partial charge >= 0.3 is 0 Å².